The van der Waals surface area contributed by atoms with Gasteiger partial charge in [-0.25, -0.2) is 0 Å². The number of benzene rings is 2. The summed E-state index contributed by atoms with van der Waals surface area (Å²) in [7, 11) is 3.08. The first-order valence-corrected chi connectivity index (χ1v) is 7.09. The molecule has 0 aliphatic carbocycles. The van der Waals surface area contributed by atoms with Crippen LogP contribution in [-0.2, 0) is 6.42 Å². The number of aliphatic hydroxyl groups excluding tert-OH is 1. The number of hydrogen-bond acceptors (Lipinski definition) is 3. The summed E-state index contributed by atoms with van der Waals surface area (Å²) in [6, 6.07) is 11.5. The van der Waals surface area contributed by atoms with Crippen molar-refractivity contribution in [2.24, 2.45) is 0 Å². The minimum absolute atomic E-state index is 0.387. The predicted octanol–water partition coefficient (Wildman–Crippen LogP) is 3.94. The third-order valence-electron chi connectivity index (χ3n) is 3.55. The molecule has 112 valence electrons. The Morgan fingerprint density at radius 3 is 2.43 bits per heavy atom. The van der Waals surface area contributed by atoms with Crippen LogP contribution in [0.4, 0.5) is 0 Å². The van der Waals surface area contributed by atoms with E-state index in [4.69, 9.17) is 21.1 Å². The molecule has 3 nitrogen and oxygen atoms in total. The van der Waals surface area contributed by atoms with Crippen molar-refractivity contribution in [1.29, 1.82) is 0 Å². The van der Waals surface area contributed by atoms with E-state index in [2.05, 4.69) is 0 Å². The molecule has 0 heterocycles. The van der Waals surface area contributed by atoms with E-state index in [-0.39, 0.29) is 0 Å². The lowest BCUT2D eigenvalue weighted by molar-refractivity contribution is 0.178. The van der Waals surface area contributed by atoms with Crippen molar-refractivity contribution in [1.82, 2.24) is 0 Å². The smallest absolute Gasteiger partial charge is 0.179 e. The molecule has 4 heteroatoms. The maximum atomic E-state index is 10.5. The van der Waals surface area contributed by atoms with Crippen LogP contribution in [0.1, 0.15) is 22.8 Å². The van der Waals surface area contributed by atoms with Crippen LogP contribution in [0.5, 0.6) is 11.5 Å². The van der Waals surface area contributed by atoms with Crippen LogP contribution in [-0.4, -0.2) is 19.3 Å². The van der Waals surface area contributed by atoms with Gasteiger partial charge in [0.05, 0.1) is 25.3 Å². The van der Waals surface area contributed by atoms with Crippen LogP contribution in [0.3, 0.4) is 0 Å². The van der Waals surface area contributed by atoms with Crippen LogP contribution in [0, 0.1) is 6.92 Å². The van der Waals surface area contributed by atoms with Crippen molar-refractivity contribution in [3.05, 3.63) is 58.1 Å². The van der Waals surface area contributed by atoms with Gasteiger partial charge in [0, 0.05) is 12.0 Å². The van der Waals surface area contributed by atoms with Crippen LogP contribution < -0.4 is 9.47 Å². The SMILES string of the molecule is COc1ccc(C(O)Cc2ccccc2C)c(Cl)c1OC. The quantitative estimate of drug-likeness (QED) is 0.909. The van der Waals surface area contributed by atoms with Crippen molar-refractivity contribution in [3.63, 3.8) is 0 Å². The number of hydrogen-bond donors (Lipinski definition) is 1. The number of aliphatic hydroxyl groups is 1. The summed E-state index contributed by atoms with van der Waals surface area (Å²) in [4.78, 5) is 0. The molecule has 1 atom stereocenters. The number of halogens is 1. The van der Waals surface area contributed by atoms with Crippen molar-refractivity contribution in [3.8, 4) is 11.5 Å². The van der Waals surface area contributed by atoms with Crippen LogP contribution >= 0.6 is 11.6 Å². The Morgan fingerprint density at radius 1 is 1.10 bits per heavy atom. The fraction of sp³-hybridized carbons (Fsp3) is 0.294. The van der Waals surface area contributed by atoms with Gasteiger partial charge in [-0.2, -0.15) is 0 Å². The molecule has 0 amide bonds. The van der Waals surface area contributed by atoms with E-state index in [0.29, 0.717) is 28.5 Å². The molecule has 0 aliphatic heterocycles. The zero-order chi connectivity index (χ0) is 15.4. The molecule has 0 spiro atoms. The van der Waals surface area contributed by atoms with Gasteiger partial charge in [0.25, 0.3) is 0 Å². The summed E-state index contributed by atoms with van der Waals surface area (Å²) in [5, 5.41) is 10.9. The Labute approximate surface area is 130 Å². The van der Waals surface area contributed by atoms with Crippen LogP contribution in [0.15, 0.2) is 36.4 Å². The first kappa shape index (κ1) is 15.7. The average Bonchev–Trinajstić information content (AvgIpc) is 2.49. The highest BCUT2D eigenvalue weighted by molar-refractivity contribution is 6.33. The van der Waals surface area contributed by atoms with Gasteiger partial charge < -0.3 is 14.6 Å². The third-order valence-corrected chi connectivity index (χ3v) is 3.94. The van der Waals surface area contributed by atoms with Crippen molar-refractivity contribution in [2.45, 2.75) is 19.4 Å². The molecular formula is C17H19ClO3. The Bertz CT molecular complexity index is 625. The van der Waals surface area contributed by atoms with Crippen molar-refractivity contribution in [2.75, 3.05) is 14.2 Å². The normalized spacial score (nSPS) is 12.0. The number of aryl methyl sites for hydroxylation is 1. The molecule has 1 unspecified atom stereocenters. The van der Waals surface area contributed by atoms with Gasteiger partial charge in [0.15, 0.2) is 11.5 Å². The van der Waals surface area contributed by atoms with Gasteiger partial charge in [0.2, 0.25) is 0 Å². The molecule has 0 saturated heterocycles. The molecule has 21 heavy (non-hydrogen) atoms. The summed E-state index contributed by atoms with van der Waals surface area (Å²) >= 11 is 6.33. The minimum atomic E-state index is -0.696. The zero-order valence-electron chi connectivity index (χ0n) is 12.4. The van der Waals surface area contributed by atoms with Gasteiger partial charge >= 0.3 is 0 Å². The summed E-state index contributed by atoms with van der Waals surface area (Å²) < 4.78 is 10.5. The van der Waals surface area contributed by atoms with E-state index in [1.165, 1.54) is 7.11 Å². The second kappa shape index (κ2) is 6.83. The lowest BCUT2D eigenvalue weighted by Gasteiger charge is -2.17. The van der Waals surface area contributed by atoms with E-state index >= 15 is 0 Å². The summed E-state index contributed by atoms with van der Waals surface area (Å²) in [6.45, 7) is 2.03. The Kier molecular flexibility index (Phi) is 5.10. The monoisotopic (exact) mass is 306 g/mol. The van der Waals surface area contributed by atoms with Crippen LogP contribution in [0.25, 0.3) is 0 Å². The highest BCUT2D eigenvalue weighted by Gasteiger charge is 2.19. The Balaban J connectivity index is 2.32. The lowest BCUT2D eigenvalue weighted by atomic mass is 9.98. The fourth-order valence-corrected chi connectivity index (χ4v) is 2.68. The maximum absolute atomic E-state index is 10.5. The standard InChI is InChI=1S/C17H19ClO3/c1-11-6-4-5-7-12(11)10-14(19)13-8-9-15(20-2)17(21-3)16(13)18/h4-9,14,19H,10H2,1-3H3. The zero-order valence-corrected chi connectivity index (χ0v) is 13.1. The van der Waals surface area contributed by atoms with Gasteiger partial charge in [-0.3, -0.25) is 0 Å². The van der Waals surface area contributed by atoms with E-state index in [1.54, 1.807) is 19.2 Å². The van der Waals surface area contributed by atoms with Gasteiger partial charge in [0.1, 0.15) is 0 Å². The highest BCUT2D eigenvalue weighted by atomic mass is 35.5. The lowest BCUT2D eigenvalue weighted by Crippen LogP contribution is -2.05. The molecule has 1 N–H and O–H groups in total. The van der Waals surface area contributed by atoms with Gasteiger partial charge in [-0.1, -0.05) is 41.9 Å². The van der Waals surface area contributed by atoms with Gasteiger partial charge in [-0.05, 0) is 24.1 Å². The molecule has 0 radical (unpaired) electrons. The molecule has 0 saturated carbocycles. The Hall–Kier alpha value is -1.71. The van der Waals surface area contributed by atoms with Crippen LogP contribution in [0.2, 0.25) is 5.02 Å². The molecule has 0 bridgehead atoms. The molecular weight excluding hydrogens is 288 g/mol. The topological polar surface area (TPSA) is 38.7 Å². The van der Waals surface area contributed by atoms with E-state index in [9.17, 15) is 5.11 Å². The number of methoxy groups -OCH3 is 2. The highest BCUT2D eigenvalue weighted by Crippen LogP contribution is 2.40. The molecule has 2 aromatic rings. The number of ether oxygens (including phenoxy) is 2. The molecule has 0 aromatic heterocycles. The first-order chi connectivity index (χ1) is 10.1. The van der Waals surface area contributed by atoms with Crippen molar-refractivity contribution < 1.29 is 14.6 Å². The largest absolute Gasteiger partial charge is 0.493 e. The number of rotatable bonds is 5. The van der Waals surface area contributed by atoms with E-state index in [0.717, 1.165) is 11.1 Å². The van der Waals surface area contributed by atoms with E-state index in [1.807, 2.05) is 31.2 Å². The Morgan fingerprint density at radius 2 is 1.81 bits per heavy atom. The second-order valence-electron chi connectivity index (χ2n) is 4.85. The van der Waals surface area contributed by atoms with Gasteiger partial charge in [-0.15, -0.1) is 0 Å². The third kappa shape index (κ3) is 3.31. The van der Waals surface area contributed by atoms with E-state index < -0.39 is 6.10 Å². The molecule has 0 aliphatic rings. The predicted molar refractivity (Wildman–Crippen MR) is 84.4 cm³/mol. The first-order valence-electron chi connectivity index (χ1n) is 6.71. The average molecular weight is 307 g/mol. The summed E-state index contributed by atoms with van der Waals surface area (Å²) in [5.74, 6) is 0.995. The van der Waals surface area contributed by atoms with Crippen molar-refractivity contribution >= 4 is 11.6 Å². The molecule has 2 rings (SSSR count). The summed E-state index contributed by atoms with van der Waals surface area (Å²) in [5.41, 5.74) is 2.88. The summed E-state index contributed by atoms with van der Waals surface area (Å²) in [6.07, 6.45) is -0.194. The molecule has 2 aromatic carbocycles. The maximum Gasteiger partial charge on any atom is 0.179 e. The molecule has 0 fully saturated rings. The fourth-order valence-electron chi connectivity index (χ4n) is 2.32. The second-order valence-corrected chi connectivity index (χ2v) is 5.23. The minimum Gasteiger partial charge on any atom is -0.493 e.